The number of guanidine groups is 1. The predicted octanol–water partition coefficient (Wildman–Crippen LogP) is 2.46. The highest BCUT2D eigenvalue weighted by Gasteiger charge is 2.31. The molecule has 1 aliphatic carbocycles. The molecular weight excluding hydrogens is 378 g/mol. The molecule has 1 aromatic rings. The van der Waals surface area contributed by atoms with Crippen LogP contribution in [0.2, 0.25) is 5.02 Å². The van der Waals surface area contributed by atoms with Gasteiger partial charge in [0.2, 0.25) is 11.8 Å². The van der Waals surface area contributed by atoms with Crippen LogP contribution in [0, 0.1) is 5.92 Å². The van der Waals surface area contributed by atoms with Crippen LogP contribution in [0.1, 0.15) is 38.5 Å². The Bertz CT molecular complexity index is 678. The summed E-state index contributed by atoms with van der Waals surface area (Å²) in [5.41, 5.74) is 0. The van der Waals surface area contributed by atoms with Crippen LogP contribution in [0.15, 0.2) is 23.3 Å². The largest absolute Gasteiger partial charge is 0.475 e. The molecule has 1 atom stereocenters. The second kappa shape index (κ2) is 10.5. The Morgan fingerprint density at radius 2 is 2.18 bits per heavy atom. The maximum absolute atomic E-state index is 12.7. The number of amides is 1. The van der Waals surface area contributed by atoms with Gasteiger partial charge in [0.15, 0.2) is 5.96 Å². The summed E-state index contributed by atoms with van der Waals surface area (Å²) in [5, 5.41) is 7.14. The molecule has 154 valence electrons. The lowest BCUT2D eigenvalue weighted by Gasteiger charge is -2.26. The van der Waals surface area contributed by atoms with Crippen LogP contribution in [0.25, 0.3) is 0 Å². The van der Waals surface area contributed by atoms with Crippen molar-refractivity contribution in [2.45, 2.75) is 44.6 Å². The molecule has 0 radical (unpaired) electrons. The Morgan fingerprint density at radius 1 is 1.36 bits per heavy atom. The van der Waals surface area contributed by atoms with Gasteiger partial charge in [-0.15, -0.1) is 0 Å². The second-order valence-electron chi connectivity index (χ2n) is 7.39. The second-order valence-corrected chi connectivity index (χ2v) is 7.79. The third-order valence-corrected chi connectivity index (χ3v) is 5.66. The molecule has 1 amide bonds. The van der Waals surface area contributed by atoms with Gasteiger partial charge in [0.1, 0.15) is 11.6 Å². The lowest BCUT2D eigenvalue weighted by Crippen LogP contribution is -2.46. The molecular formula is C20H30ClN5O2. The van der Waals surface area contributed by atoms with Gasteiger partial charge in [0, 0.05) is 38.3 Å². The lowest BCUT2D eigenvalue weighted by atomic mass is 9.88. The van der Waals surface area contributed by atoms with Crippen molar-refractivity contribution in [2.24, 2.45) is 10.9 Å². The van der Waals surface area contributed by atoms with Crippen molar-refractivity contribution in [3.8, 4) is 5.88 Å². The molecule has 1 aromatic heterocycles. The Morgan fingerprint density at radius 3 is 2.93 bits per heavy atom. The number of aliphatic imine (C=N–C) groups is 1. The summed E-state index contributed by atoms with van der Waals surface area (Å²) in [6.07, 6.45) is 8.34. The molecule has 2 aliphatic rings. The molecule has 1 unspecified atom stereocenters. The zero-order valence-electron chi connectivity index (χ0n) is 16.5. The summed E-state index contributed by atoms with van der Waals surface area (Å²) in [6.45, 7) is 2.57. The van der Waals surface area contributed by atoms with Gasteiger partial charge in [-0.3, -0.25) is 9.79 Å². The number of carbonyl (C=O) groups is 1. The molecule has 1 aliphatic heterocycles. The summed E-state index contributed by atoms with van der Waals surface area (Å²) in [6, 6.07) is 3.74. The quantitative estimate of drug-likeness (QED) is 0.430. The first-order valence-corrected chi connectivity index (χ1v) is 10.5. The van der Waals surface area contributed by atoms with E-state index in [-0.39, 0.29) is 12.0 Å². The lowest BCUT2D eigenvalue weighted by molar-refractivity contribution is -0.135. The van der Waals surface area contributed by atoms with Crippen LogP contribution in [-0.4, -0.2) is 61.1 Å². The van der Waals surface area contributed by atoms with Crippen molar-refractivity contribution < 1.29 is 9.53 Å². The van der Waals surface area contributed by atoms with Crippen molar-refractivity contribution >= 4 is 23.5 Å². The van der Waals surface area contributed by atoms with E-state index in [9.17, 15) is 4.79 Å². The summed E-state index contributed by atoms with van der Waals surface area (Å²) in [4.78, 5) is 23.1. The van der Waals surface area contributed by atoms with E-state index in [0.29, 0.717) is 35.9 Å². The average Bonchev–Trinajstić information content (AvgIpc) is 3.20. The maximum Gasteiger partial charge on any atom is 0.232 e. The number of nitrogens with one attached hydrogen (secondary N) is 2. The van der Waals surface area contributed by atoms with Crippen LogP contribution < -0.4 is 15.4 Å². The number of hydrogen-bond acceptors (Lipinski definition) is 4. The van der Waals surface area contributed by atoms with Crippen LogP contribution in [-0.2, 0) is 4.79 Å². The predicted molar refractivity (Wildman–Crippen MR) is 111 cm³/mol. The van der Waals surface area contributed by atoms with Crippen LogP contribution in [0.5, 0.6) is 5.88 Å². The average molecular weight is 408 g/mol. The molecule has 1 saturated heterocycles. The highest BCUT2D eigenvalue weighted by atomic mass is 35.5. The van der Waals surface area contributed by atoms with Gasteiger partial charge in [0.25, 0.3) is 0 Å². The fourth-order valence-electron chi connectivity index (χ4n) is 3.87. The van der Waals surface area contributed by atoms with E-state index in [0.717, 1.165) is 32.4 Å². The number of nitrogens with zero attached hydrogens (tertiary/aromatic N) is 3. The zero-order valence-corrected chi connectivity index (χ0v) is 17.2. The van der Waals surface area contributed by atoms with Crippen molar-refractivity contribution in [2.75, 3.05) is 33.3 Å². The summed E-state index contributed by atoms with van der Waals surface area (Å²) < 4.78 is 5.58. The molecule has 2 fully saturated rings. The molecule has 2 N–H and O–H groups in total. The molecule has 7 nitrogen and oxygen atoms in total. The van der Waals surface area contributed by atoms with E-state index in [4.69, 9.17) is 16.3 Å². The summed E-state index contributed by atoms with van der Waals surface area (Å²) in [5.74, 6) is 1.72. The Balaban J connectivity index is 1.38. The SMILES string of the molecule is CN=C(NCCOc1ncccc1Cl)NC1CCN(C(=O)C2CCCCC2)C1. The van der Waals surface area contributed by atoms with Crippen molar-refractivity contribution in [3.63, 3.8) is 0 Å². The molecule has 3 rings (SSSR count). The standard InChI is InChI=1S/C20H30ClN5O2/c1-22-20(24-11-13-28-18-17(21)8-5-10-23-18)25-16-9-12-26(14-16)19(27)15-6-3-2-4-7-15/h5,8,10,15-16H,2-4,6-7,9,11-14H2,1H3,(H2,22,24,25). The molecule has 0 spiro atoms. The van der Waals surface area contributed by atoms with Gasteiger partial charge in [-0.1, -0.05) is 30.9 Å². The van der Waals surface area contributed by atoms with Crippen LogP contribution in [0.4, 0.5) is 0 Å². The first-order chi connectivity index (χ1) is 13.7. The molecule has 0 aromatic carbocycles. The normalized spacial score (nSPS) is 20.9. The zero-order chi connectivity index (χ0) is 19.8. The van der Waals surface area contributed by atoms with E-state index >= 15 is 0 Å². The molecule has 0 bridgehead atoms. The molecule has 1 saturated carbocycles. The molecule has 2 heterocycles. The topological polar surface area (TPSA) is 78.9 Å². The summed E-state index contributed by atoms with van der Waals surface area (Å²) >= 11 is 6.03. The first-order valence-electron chi connectivity index (χ1n) is 10.2. The van der Waals surface area contributed by atoms with Crippen molar-refractivity contribution in [3.05, 3.63) is 23.4 Å². The third-order valence-electron chi connectivity index (χ3n) is 5.38. The number of ether oxygens (including phenoxy) is 1. The smallest absolute Gasteiger partial charge is 0.232 e. The van der Waals surface area contributed by atoms with Crippen molar-refractivity contribution in [1.82, 2.24) is 20.5 Å². The van der Waals surface area contributed by atoms with E-state index in [2.05, 4.69) is 20.6 Å². The van der Waals surface area contributed by atoms with Gasteiger partial charge < -0.3 is 20.3 Å². The fourth-order valence-corrected chi connectivity index (χ4v) is 4.04. The first kappa shape index (κ1) is 20.7. The minimum absolute atomic E-state index is 0.227. The minimum Gasteiger partial charge on any atom is -0.475 e. The number of rotatable bonds is 6. The molecule has 28 heavy (non-hydrogen) atoms. The van der Waals surface area contributed by atoms with Gasteiger partial charge in [-0.25, -0.2) is 4.98 Å². The van der Waals surface area contributed by atoms with E-state index in [1.54, 1.807) is 25.4 Å². The monoisotopic (exact) mass is 407 g/mol. The van der Waals surface area contributed by atoms with Gasteiger partial charge >= 0.3 is 0 Å². The third kappa shape index (κ3) is 5.74. The van der Waals surface area contributed by atoms with Gasteiger partial charge in [-0.05, 0) is 31.4 Å². The van der Waals surface area contributed by atoms with Crippen molar-refractivity contribution in [1.29, 1.82) is 0 Å². The van der Waals surface area contributed by atoms with E-state index < -0.39 is 0 Å². The minimum atomic E-state index is 0.227. The van der Waals surface area contributed by atoms with E-state index in [1.165, 1.54) is 19.3 Å². The highest BCUT2D eigenvalue weighted by Crippen LogP contribution is 2.26. The fraction of sp³-hybridized carbons (Fsp3) is 0.650. The van der Waals surface area contributed by atoms with Crippen LogP contribution >= 0.6 is 11.6 Å². The number of hydrogen-bond donors (Lipinski definition) is 2. The summed E-state index contributed by atoms with van der Waals surface area (Å²) in [7, 11) is 1.74. The van der Waals surface area contributed by atoms with Gasteiger partial charge in [0.05, 0.1) is 6.54 Å². The number of pyridine rings is 1. The highest BCUT2D eigenvalue weighted by molar-refractivity contribution is 6.31. The van der Waals surface area contributed by atoms with E-state index in [1.807, 2.05) is 4.90 Å². The molecule has 8 heteroatoms. The number of aromatic nitrogens is 1. The number of halogens is 1. The Labute approximate surface area is 171 Å². The number of likely N-dealkylation sites (tertiary alicyclic amines) is 1. The Kier molecular flexibility index (Phi) is 7.77. The Hall–Kier alpha value is -2.02. The van der Waals surface area contributed by atoms with Crippen LogP contribution in [0.3, 0.4) is 0 Å². The van der Waals surface area contributed by atoms with Gasteiger partial charge in [-0.2, -0.15) is 0 Å². The number of carbonyl (C=O) groups excluding carboxylic acids is 1. The maximum atomic E-state index is 12.7.